The van der Waals surface area contributed by atoms with Crippen LogP contribution in [0.4, 0.5) is 4.79 Å². The number of methoxy groups -OCH3 is 1. The van der Waals surface area contributed by atoms with E-state index in [0.29, 0.717) is 0 Å². The molecular weight excluding hydrogens is 310 g/mol. The highest BCUT2D eigenvalue weighted by atomic mass is 16.7. The fraction of sp³-hybridized carbons (Fsp3) is 0.556. The molecule has 6 heteroatoms. The van der Waals surface area contributed by atoms with E-state index in [1.165, 1.54) is 7.11 Å². The van der Waals surface area contributed by atoms with Crippen LogP contribution in [-0.4, -0.2) is 41.5 Å². The number of hydrogen-bond donors (Lipinski definition) is 0. The largest absolute Gasteiger partial charge is 0.443 e. The lowest BCUT2D eigenvalue weighted by Gasteiger charge is -2.47. The standard InChI is InChI=1S/C18H25NO5/c1-17(2,3)24-16(21)19-13(12-10-8-7-9-11-12)14(15(19)20)23-18(4,5)22-6/h7-11,13-14H,1-6H3. The summed E-state index contributed by atoms with van der Waals surface area (Å²) in [4.78, 5) is 26.0. The molecule has 24 heavy (non-hydrogen) atoms. The molecule has 0 aliphatic carbocycles. The third kappa shape index (κ3) is 3.94. The predicted molar refractivity (Wildman–Crippen MR) is 88.2 cm³/mol. The molecule has 1 fully saturated rings. The van der Waals surface area contributed by atoms with Gasteiger partial charge in [0.1, 0.15) is 11.6 Å². The van der Waals surface area contributed by atoms with Gasteiger partial charge in [0, 0.05) is 7.11 Å². The number of carbonyl (C=O) groups is 2. The summed E-state index contributed by atoms with van der Waals surface area (Å²) in [5.74, 6) is -1.36. The maximum atomic E-state index is 12.5. The molecule has 0 radical (unpaired) electrons. The summed E-state index contributed by atoms with van der Waals surface area (Å²) < 4.78 is 16.4. The fourth-order valence-electron chi connectivity index (χ4n) is 2.42. The summed E-state index contributed by atoms with van der Waals surface area (Å²) in [5.41, 5.74) is 0.121. The zero-order valence-corrected chi connectivity index (χ0v) is 15.0. The Labute approximate surface area is 142 Å². The third-order valence-corrected chi connectivity index (χ3v) is 3.68. The van der Waals surface area contributed by atoms with E-state index in [9.17, 15) is 9.59 Å². The highest BCUT2D eigenvalue weighted by Gasteiger charge is 2.55. The van der Waals surface area contributed by atoms with Gasteiger partial charge in [0.05, 0.1) is 0 Å². The molecule has 2 atom stereocenters. The normalized spacial score (nSPS) is 21.4. The van der Waals surface area contributed by atoms with Gasteiger partial charge in [-0.3, -0.25) is 4.79 Å². The van der Waals surface area contributed by atoms with E-state index >= 15 is 0 Å². The lowest BCUT2D eigenvalue weighted by atomic mass is 9.91. The minimum Gasteiger partial charge on any atom is -0.443 e. The van der Waals surface area contributed by atoms with Crippen molar-refractivity contribution >= 4 is 12.0 Å². The van der Waals surface area contributed by atoms with E-state index < -0.39 is 35.5 Å². The van der Waals surface area contributed by atoms with Gasteiger partial charge < -0.3 is 14.2 Å². The molecule has 0 bridgehead atoms. The van der Waals surface area contributed by atoms with Crippen LogP contribution in [0.1, 0.15) is 46.2 Å². The second-order valence-corrected chi connectivity index (χ2v) is 7.19. The van der Waals surface area contributed by atoms with Gasteiger partial charge in [-0.15, -0.1) is 0 Å². The summed E-state index contributed by atoms with van der Waals surface area (Å²) in [6.45, 7) is 8.72. The molecule has 132 valence electrons. The van der Waals surface area contributed by atoms with Crippen LogP contribution in [0.2, 0.25) is 0 Å². The summed E-state index contributed by atoms with van der Waals surface area (Å²) in [6.07, 6.45) is -1.47. The number of ether oxygens (including phenoxy) is 3. The maximum absolute atomic E-state index is 12.5. The number of nitrogens with zero attached hydrogens (tertiary/aromatic N) is 1. The average molecular weight is 335 g/mol. The Bertz CT molecular complexity index is 606. The SMILES string of the molecule is COC(C)(C)OC1C(=O)N(C(=O)OC(C)(C)C)C1c1ccccc1. The van der Waals surface area contributed by atoms with Gasteiger partial charge in [0.15, 0.2) is 11.9 Å². The first-order valence-corrected chi connectivity index (χ1v) is 7.90. The molecule has 1 aliphatic heterocycles. The Balaban J connectivity index is 2.28. The first-order chi connectivity index (χ1) is 11.1. The predicted octanol–water partition coefficient (Wildman–Crippen LogP) is 3.27. The van der Waals surface area contributed by atoms with Crippen LogP contribution >= 0.6 is 0 Å². The number of amides is 2. The quantitative estimate of drug-likeness (QED) is 0.624. The number of β-lactam (4-membered cyclic amide) rings is 1. The lowest BCUT2D eigenvalue weighted by Crippen LogP contribution is -2.64. The molecule has 1 aromatic rings. The van der Waals surface area contributed by atoms with Crippen LogP contribution in [0.15, 0.2) is 30.3 Å². The van der Waals surface area contributed by atoms with Crippen molar-refractivity contribution in [1.29, 1.82) is 0 Å². The first-order valence-electron chi connectivity index (χ1n) is 7.90. The molecule has 1 saturated heterocycles. The van der Waals surface area contributed by atoms with Crippen molar-refractivity contribution in [3.05, 3.63) is 35.9 Å². The monoisotopic (exact) mass is 335 g/mol. The lowest BCUT2D eigenvalue weighted by molar-refractivity contribution is -0.252. The molecule has 0 spiro atoms. The van der Waals surface area contributed by atoms with Gasteiger partial charge in [-0.2, -0.15) is 0 Å². The van der Waals surface area contributed by atoms with Crippen molar-refractivity contribution in [2.75, 3.05) is 7.11 Å². The summed E-state index contributed by atoms with van der Waals surface area (Å²) in [7, 11) is 1.51. The molecule has 1 aromatic carbocycles. The molecular formula is C18H25NO5. The Hall–Kier alpha value is -1.92. The zero-order chi connectivity index (χ0) is 18.1. The highest BCUT2D eigenvalue weighted by Crippen LogP contribution is 2.40. The molecule has 2 amide bonds. The number of hydrogen-bond acceptors (Lipinski definition) is 5. The third-order valence-electron chi connectivity index (χ3n) is 3.68. The van der Waals surface area contributed by atoms with E-state index in [1.807, 2.05) is 30.3 Å². The number of imide groups is 1. The Morgan fingerprint density at radius 1 is 1.08 bits per heavy atom. The van der Waals surface area contributed by atoms with Crippen molar-refractivity contribution in [1.82, 2.24) is 4.90 Å². The number of rotatable bonds is 4. The Morgan fingerprint density at radius 3 is 2.17 bits per heavy atom. The second kappa shape index (κ2) is 6.53. The van der Waals surface area contributed by atoms with E-state index in [-0.39, 0.29) is 0 Å². The van der Waals surface area contributed by atoms with Crippen LogP contribution in [0.25, 0.3) is 0 Å². The van der Waals surface area contributed by atoms with Gasteiger partial charge in [0.25, 0.3) is 5.91 Å². The number of likely N-dealkylation sites (tertiary alicyclic amines) is 1. The van der Waals surface area contributed by atoms with Crippen molar-refractivity contribution in [3.8, 4) is 0 Å². The number of carbonyl (C=O) groups excluding carboxylic acids is 2. The van der Waals surface area contributed by atoms with Crippen molar-refractivity contribution in [2.45, 2.75) is 58.2 Å². The average Bonchev–Trinajstić information content (AvgIpc) is 2.49. The maximum Gasteiger partial charge on any atom is 0.417 e. The molecule has 0 aromatic heterocycles. The van der Waals surface area contributed by atoms with Gasteiger partial charge in [-0.1, -0.05) is 30.3 Å². The van der Waals surface area contributed by atoms with Crippen LogP contribution in [-0.2, 0) is 19.0 Å². The van der Waals surface area contributed by atoms with E-state index in [0.717, 1.165) is 10.5 Å². The molecule has 6 nitrogen and oxygen atoms in total. The minimum absolute atomic E-state index is 0.428. The Kier molecular flexibility index (Phi) is 5.01. The minimum atomic E-state index is -0.937. The molecule has 2 rings (SSSR count). The zero-order valence-electron chi connectivity index (χ0n) is 15.0. The summed E-state index contributed by atoms with van der Waals surface area (Å²) >= 11 is 0. The highest BCUT2D eigenvalue weighted by molar-refractivity contribution is 6.01. The van der Waals surface area contributed by atoms with Crippen molar-refractivity contribution in [3.63, 3.8) is 0 Å². The molecule has 0 saturated carbocycles. The van der Waals surface area contributed by atoms with Crippen molar-refractivity contribution in [2.24, 2.45) is 0 Å². The first kappa shape index (κ1) is 18.4. The van der Waals surface area contributed by atoms with Gasteiger partial charge in [-0.05, 0) is 40.2 Å². The van der Waals surface area contributed by atoms with E-state index in [1.54, 1.807) is 34.6 Å². The molecule has 0 N–H and O–H groups in total. The molecule has 1 aliphatic rings. The van der Waals surface area contributed by atoms with Crippen LogP contribution in [0.5, 0.6) is 0 Å². The van der Waals surface area contributed by atoms with Crippen LogP contribution in [0, 0.1) is 0 Å². The fourth-order valence-corrected chi connectivity index (χ4v) is 2.42. The van der Waals surface area contributed by atoms with Gasteiger partial charge in [-0.25, -0.2) is 9.69 Å². The summed E-state index contributed by atoms with van der Waals surface area (Å²) in [5, 5.41) is 0. The van der Waals surface area contributed by atoms with Crippen LogP contribution in [0.3, 0.4) is 0 Å². The van der Waals surface area contributed by atoms with E-state index in [2.05, 4.69) is 0 Å². The van der Waals surface area contributed by atoms with Crippen molar-refractivity contribution < 1.29 is 23.8 Å². The Morgan fingerprint density at radius 2 is 1.67 bits per heavy atom. The van der Waals surface area contributed by atoms with E-state index in [4.69, 9.17) is 14.2 Å². The van der Waals surface area contributed by atoms with Crippen LogP contribution < -0.4 is 0 Å². The molecule has 1 heterocycles. The second-order valence-electron chi connectivity index (χ2n) is 7.19. The topological polar surface area (TPSA) is 65.1 Å². The van der Waals surface area contributed by atoms with Gasteiger partial charge >= 0.3 is 6.09 Å². The smallest absolute Gasteiger partial charge is 0.417 e. The van der Waals surface area contributed by atoms with Gasteiger partial charge in [0.2, 0.25) is 0 Å². The number of benzene rings is 1. The molecule has 2 unspecified atom stereocenters. The summed E-state index contributed by atoms with van der Waals surface area (Å²) in [6, 6.07) is 8.74.